The molecule has 0 N–H and O–H groups in total. The van der Waals surface area contributed by atoms with Crippen molar-refractivity contribution < 1.29 is 28.4 Å². The number of rotatable bonds is 85. The molecule has 0 amide bonds. The highest BCUT2D eigenvalue weighted by molar-refractivity contribution is 5.79. The molecule has 0 saturated carbocycles. The van der Waals surface area contributed by atoms with E-state index in [4.69, 9.17) is 28.4 Å². The average molecular weight is 1880 g/mol. The van der Waals surface area contributed by atoms with Crippen molar-refractivity contribution in [3.8, 4) is 34.5 Å². The van der Waals surface area contributed by atoms with Crippen molar-refractivity contribution in [2.24, 2.45) is 0 Å². The normalized spacial score (nSPS) is 13.1. The lowest BCUT2D eigenvalue weighted by atomic mass is 9.97. The summed E-state index contributed by atoms with van der Waals surface area (Å²) in [6, 6.07) is 51.9. The average Bonchev–Trinajstić information content (AvgIpc) is 1.61. The number of hydrogen-bond donors (Lipinski definition) is 0. The molecule has 1 aliphatic heterocycles. The summed E-state index contributed by atoms with van der Waals surface area (Å²) in [6.07, 6.45) is 107. The zero-order valence-electron chi connectivity index (χ0n) is 89.0. The van der Waals surface area contributed by atoms with Gasteiger partial charge >= 0.3 is 0 Å². The predicted molar refractivity (Wildman–Crippen MR) is 607 cm³/mol. The van der Waals surface area contributed by atoms with Gasteiger partial charge in [-0.15, -0.1) is 0 Å². The van der Waals surface area contributed by atoms with Crippen molar-refractivity contribution in [2.45, 2.75) is 446 Å². The fraction of sp³-hybridized carbons (Fsp3) is 0.588. The van der Waals surface area contributed by atoms with Crippen LogP contribution in [0.2, 0.25) is 0 Å². The molecule has 0 aromatic heterocycles. The molecule has 1 fully saturated rings. The first kappa shape index (κ1) is 115. The zero-order valence-corrected chi connectivity index (χ0v) is 89.0. The molecular formula is C131H195NO6. The third kappa shape index (κ3) is 52.5. The predicted octanol–water partition coefficient (Wildman–Crippen LogP) is 41.3. The first-order chi connectivity index (χ1) is 68.2. The Morgan fingerprint density at radius 2 is 0.355 bits per heavy atom. The van der Waals surface area contributed by atoms with E-state index in [0.29, 0.717) is 45.7 Å². The van der Waals surface area contributed by atoms with Crippen LogP contribution in [-0.4, -0.2) is 58.1 Å². The lowest BCUT2D eigenvalue weighted by molar-refractivity contribution is 0.234. The van der Waals surface area contributed by atoms with Crippen molar-refractivity contribution in [2.75, 3.05) is 53.2 Å². The first-order valence-corrected chi connectivity index (χ1v) is 57.7. The minimum atomic E-state index is 0.411. The van der Waals surface area contributed by atoms with Gasteiger partial charge in [0.25, 0.3) is 0 Å². The van der Waals surface area contributed by atoms with E-state index in [1.165, 1.54) is 399 Å². The molecule has 7 heteroatoms. The SMILES string of the molecule is CCCCCCCCCCCCOc1cc(/C=C/c2ccc(/C=C/c3ccc(/C=C/c4cc(/C=C/c5ccc(/C=C/c6ccc(/C=C/c7cc(OCCCCCCCCCCCC)c(OCCCCCCCCCCCC)c(OCCCCCCCCCCCC)c7)cc6)cc5)cc(C5CCCN5C)c4)cc3)cc2)cc(OCCCCCCCCCCCC)c1OCCCCCCCCCCCC. The number of nitrogens with zero attached hydrogens (tertiary/aromatic N) is 1. The van der Waals surface area contributed by atoms with E-state index in [1.54, 1.807) is 0 Å². The van der Waals surface area contributed by atoms with Crippen molar-refractivity contribution in [1.82, 2.24) is 4.90 Å². The number of hydrogen-bond acceptors (Lipinski definition) is 7. The Morgan fingerprint density at radius 1 is 0.196 bits per heavy atom. The van der Waals surface area contributed by atoms with Crippen LogP contribution in [-0.2, 0) is 0 Å². The third-order valence-corrected chi connectivity index (χ3v) is 28.1. The lowest BCUT2D eigenvalue weighted by Gasteiger charge is -2.21. The summed E-state index contributed by atoms with van der Waals surface area (Å²) >= 11 is 0. The number of ether oxygens (including phenoxy) is 6. The third-order valence-electron chi connectivity index (χ3n) is 28.1. The quantitative estimate of drug-likeness (QED) is 0.0278. The van der Waals surface area contributed by atoms with Gasteiger partial charge in [-0.25, -0.2) is 0 Å². The van der Waals surface area contributed by atoms with Crippen LogP contribution in [0, 0.1) is 0 Å². The minimum Gasteiger partial charge on any atom is -0.490 e. The molecule has 1 atom stereocenters. The maximum absolute atomic E-state index is 6.77. The fourth-order valence-electron chi connectivity index (χ4n) is 19.2. The molecular weight excluding hydrogens is 1680 g/mol. The molecule has 1 heterocycles. The van der Waals surface area contributed by atoms with Crippen LogP contribution in [0.3, 0.4) is 0 Å². The summed E-state index contributed by atoms with van der Waals surface area (Å²) in [5.74, 6) is 4.81. The fourth-order valence-corrected chi connectivity index (χ4v) is 19.2. The van der Waals surface area contributed by atoms with E-state index in [-0.39, 0.29) is 0 Å². The van der Waals surface area contributed by atoms with Gasteiger partial charge in [0, 0.05) is 6.04 Å². The Balaban J connectivity index is 0.880. The molecule has 1 saturated heterocycles. The maximum atomic E-state index is 6.77. The van der Waals surface area contributed by atoms with Gasteiger partial charge in [-0.05, 0) is 168 Å². The van der Waals surface area contributed by atoms with Gasteiger partial charge < -0.3 is 28.4 Å². The number of unbranched alkanes of at least 4 members (excludes halogenated alkanes) is 54. The van der Waals surface area contributed by atoms with Gasteiger partial charge in [0.05, 0.1) is 39.6 Å². The van der Waals surface area contributed by atoms with Gasteiger partial charge in [0.15, 0.2) is 23.0 Å². The Bertz CT molecular complexity index is 3990. The highest BCUT2D eigenvalue weighted by Gasteiger charge is 2.24. The molecule has 7 aromatic rings. The van der Waals surface area contributed by atoms with E-state index >= 15 is 0 Å². The van der Waals surface area contributed by atoms with Gasteiger partial charge in [-0.1, -0.05) is 570 Å². The Labute approximate surface area is 846 Å². The van der Waals surface area contributed by atoms with E-state index in [9.17, 15) is 0 Å². The van der Waals surface area contributed by atoms with E-state index in [2.05, 4.69) is 266 Å². The Kier molecular flexibility index (Phi) is 64.5. The molecule has 7 aromatic carbocycles. The summed E-state index contributed by atoms with van der Waals surface area (Å²) in [7, 11) is 2.28. The Hall–Kier alpha value is -8.26. The number of likely N-dealkylation sites (tertiary alicyclic amines) is 1. The molecule has 0 aliphatic carbocycles. The van der Waals surface area contributed by atoms with Crippen LogP contribution in [0.1, 0.15) is 518 Å². The summed E-state index contributed by atoms with van der Waals surface area (Å²) in [6.45, 7) is 19.0. The van der Waals surface area contributed by atoms with Crippen molar-refractivity contribution in [3.63, 3.8) is 0 Å². The molecule has 0 radical (unpaired) electrons. The van der Waals surface area contributed by atoms with E-state index < -0.39 is 0 Å². The molecule has 0 bridgehead atoms. The molecule has 8 rings (SSSR count). The summed E-state index contributed by atoms with van der Waals surface area (Å²) in [4.78, 5) is 2.52. The molecule has 138 heavy (non-hydrogen) atoms. The van der Waals surface area contributed by atoms with Crippen LogP contribution >= 0.6 is 0 Å². The second-order valence-corrected chi connectivity index (χ2v) is 40.6. The van der Waals surface area contributed by atoms with E-state index in [0.717, 1.165) is 113 Å². The van der Waals surface area contributed by atoms with Crippen LogP contribution < -0.4 is 28.4 Å². The topological polar surface area (TPSA) is 58.6 Å². The maximum Gasteiger partial charge on any atom is 0.203 e. The minimum absolute atomic E-state index is 0.411. The van der Waals surface area contributed by atoms with Gasteiger partial charge in [-0.2, -0.15) is 0 Å². The van der Waals surface area contributed by atoms with E-state index in [1.807, 2.05) is 0 Å². The van der Waals surface area contributed by atoms with Crippen LogP contribution in [0.25, 0.3) is 72.9 Å². The molecule has 0 spiro atoms. The van der Waals surface area contributed by atoms with Crippen molar-refractivity contribution in [1.29, 1.82) is 0 Å². The zero-order chi connectivity index (χ0) is 96.9. The largest absolute Gasteiger partial charge is 0.490 e. The second-order valence-electron chi connectivity index (χ2n) is 40.6. The van der Waals surface area contributed by atoms with Gasteiger partial charge in [0.2, 0.25) is 11.5 Å². The highest BCUT2D eigenvalue weighted by atomic mass is 16.5. The highest BCUT2D eigenvalue weighted by Crippen LogP contribution is 2.43. The standard InChI is InChI=1S/C131H195NO6/c1-8-14-20-26-32-38-44-50-56-62-99-133-126-108-122(109-127(134-100-63-57-51-45-39-33-27-21-15-9-2)130(126)137-103-66-60-54-48-42-36-30-24-18-12-5)96-92-118-86-78-114(79-87-118)72-70-112-74-82-116(83-75-112)90-94-120-105-121(107-124(106-120)125-69-68-98-132(125)7)95-91-117-84-76-113(77-85-117)71-73-115-80-88-119(89-81-115)93-97-123-110-128(135-101-64-58-52-46-40-34-28-22-16-10-3)131(138-104-67-61-55-49-43-37-31-25-19-13-6)129(111-123)136-102-65-59-53-47-41-35-29-23-17-11-4/h70-97,105-111,125H,8-69,98-104H2,1-7H3/b72-70+,73-71+,94-90+,95-91+,96-92+,97-93+. The summed E-state index contributed by atoms with van der Waals surface area (Å²) in [5.41, 5.74) is 15.3. The van der Waals surface area contributed by atoms with Crippen molar-refractivity contribution in [3.05, 3.63) is 212 Å². The molecule has 7 nitrogen and oxygen atoms in total. The summed E-state index contributed by atoms with van der Waals surface area (Å²) in [5, 5.41) is 0. The van der Waals surface area contributed by atoms with Crippen LogP contribution in [0.15, 0.2) is 140 Å². The smallest absolute Gasteiger partial charge is 0.203 e. The molecule has 1 aliphatic rings. The Morgan fingerprint density at radius 3 is 0.529 bits per heavy atom. The molecule has 760 valence electrons. The molecule has 1 unspecified atom stereocenters. The summed E-state index contributed by atoms with van der Waals surface area (Å²) < 4.78 is 40.6. The second kappa shape index (κ2) is 77.4. The van der Waals surface area contributed by atoms with Gasteiger partial charge in [-0.3, -0.25) is 4.90 Å². The van der Waals surface area contributed by atoms with Crippen LogP contribution in [0.4, 0.5) is 0 Å². The number of benzene rings is 7. The first-order valence-electron chi connectivity index (χ1n) is 57.7. The van der Waals surface area contributed by atoms with Crippen molar-refractivity contribution >= 4 is 72.9 Å². The lowest BCUT2D eigenvalue weighted by Crippen LogP contribution is -2.17. The van der Waals surface area contributed by atoms with Crippen LogP contribution in [0.5, 0.6) is 34.5 Å². The van der Waals surface area contributed by atoms with Gasteiger partial charge in [0.1, 0.15) is 0 Å². The monoisotopic (exact) mass is 1880 g/mol.